The van der Waals surface area contributed by atoms with Crippen molar-refractivity contribution >= 4 is 11.9 Å². The van der Waals surface area contributed by atoms with E-state index in [4.69, 9.17) is 9.47 Å². The van der Waals surface area contributed by atoms with E-state index in [0.29, 0.717) is 17.4 Å². The van der Waals surface area contributed by atoms with Gasteiger partial charge < -0.3 is 9.47 Å². The smallest absolute Gasteiger partial charge is 0.420 e. The van der Waals surface area contributed by atoms with Gasteiger partial charge in [0, 0.05) is 13.1 Å². The lowest BCUT2D eigenvalue weighted by Gasteiger charge is -2.23. The Hall–Kier alpha value is -2.56. The van der Waals surface area contributed by atoms with Gasteiger partial charge in [-0.1, -0.05) is 39.0 Å². The fraction of sp³-hybridized carbons (Fsp3) is 0.368. The number of ether oxygens (including phenoxy) is 2. The summed E-state index contributed by atoms with van der Waals surface area (Å²) in [4.78, 5) is 17.8. The van der Waals surface area contributed by atoms with E-state index in [-0.39, 0.29) is 5.41 Å². The molecule has 0 radical (unpaired) electrons. The van der Waals surface area contributed by atoms with Crippen molar-refractivity contribution in [3.63, 3.8) is 0 Å². The fourth-order valence-electron chi connectivity index (χ4n) is 2.15. The van der Waals surface area contributed by atoms with Crippen LogP contribution in [0, 0.1) is 0 Å². The molecule has 0 N–H and O–H groups in total. The topological polar surface area (TPSA) is 51.7 Å². The second-order valence-electron chi connectivity index (χ2n) is 6.23. The van der Waals surface area contributed by atoms with Gasteiger partial charge in [-0.3, -0.25) is 4.90 Å². The number of benzene rings is 1. The van der Waals surface area contributed by atoms with Crippen molar-refractivity contribution in [2.45, 2.75) is 32.6 Å². The lowest BCUT2D eigenvalue weighted by Crippen LogP contribution is -2.30. The molecule has 1 amide bonds. The van der Waals surface area contributed by atoms with Gasteiger partial charge in [0.05, 0.1) is 7.11 Å². The predicted octanol–water partition coefficient (Wildman–Crippen LogP) is 4.41. The monoisotopic (exact) mass is 328 g/mol. The predicted molar refractivity (Wildman–Crippen MR) is 95.0 cm³/mol. The van der Waals surface area contributed by atoms with E-state index in [1.54, 1.807) is 25.2 Å². The van der Waals surface area contributed by atoms with Gasteiger partial charge in [0.2, 0.25) is 5.88 Å². The van der Waals surface area contributed by atoms with Gasteiger partial charge in [0.25, 0.3) is 0 Å². The molecule has 0 atom stereocenters. The maximum atomic E-state index is 12.3. The molecule has 1 aromatic heterocycles. The average molecular weight is 328 g/mol. The molecular formula is C19H24N2O3. The standard InChI is InChI=1S/C19H24N2O3/c1-6-19(2,3)14-10-12-15(13-11-14)24-18(22)21(4)16-8-7-9-17(20-16)23-5/h7-13H,6H2,1-5H3. The number of hydrogen-bond acceptors (Lipinski definition) is 4. The van der Waals surface area contributed by atoms with Crippen molar-refractivity contribution in [1.29, 1.82) is 0 Å². The number of nitrogens with zero attached hydrogens (tertiary/aromatic N) is 2. The van der Waals surface area contributed by atoms with Gasteiger partial charge in [0.1, 0.15) is 11.6 Å². The van der Waals surface area contributed by atoms with E-state index in [0.717, 1.165) is 6.42 Å². The van der Waals surface area contributed by atoms with Gasteiger partial charge in [-0.05, 0) is 35.6 Å². The first-order chi connectivity index (χ1) is 11.4. The summed E-state index contributed by atoms with van der Waals surface area (Å²) in [6.45, 7) is 6.54. The number of carbonyl (C=O) groups is 1. The van der Waals surface area contributed by atoms with E-state index in [1.165, 1.54) is 17.6 Å². The lowest BCUT2D eigenvalue weighted by atomic mass is 9.82. The summed E-state index contributed by atoms with van der Waals surface area (Å²) in [5.74, 6) is 1.41. The van der Waals surface area contributed by atoms with Crippen LogP contribution in [0.5, 0.6) is 11.6 Å². The molecule has 0 saturated heterocycles. The van der Waals surface area contributed by atoms with E-state index in [2.05, 4.69) is 25.8 Å². The van der Waals surface area contributed by atoms with Crippen molar-refractivity contribution in [2.24, 2.45) is 0 Å². The summed E-state index contributed by atoms with van der Waals surface area (Å²) in [7, 11) is 3.14. The zero-order valence-corrected chi connectivity index (χ0v) is 14.9. The normalized spacial score (nSPS) is 11.0. The average Bonchev–Trinajstić information content (AvgIpc) is 2.61. The molecule has 0 bridgehead atoms. The van der Waals surface area contributed by atoms with Gasteiger partial charge in [-0.15, -0.1) is 0 Å². The molecule has 0 unspecified atom stereocenters. The number of hydrogen-bond donors (Lipinski definition) is 0. The second kappa shape index (κ2) is 7.34. The number of methoxy groups -OCH3 is 1. The van der Waals surface area contributed by atoms with Crippen LogP contribution in [-0.2, 0) is 5.41 Å². The van der Waals surface area contributed by atoms with Crippen LogP contribution < -0.4 is 14.4 Å². The third kappa shape index (κ3) is 4.04. The molecule has 0 aliphatic rings. The third-order valence-electron chi connectivity index (χ3n) is 4.26. The summed E-state index contributed by atoms with van der Waals surface area (Å²) < 4.78 is 10.5. The molecule has 5 heteroatoms. The van der Waals surface area contributed by atoms with Crippen LogP contribution in [0.1, 0.15) is 32.8 Å². The first kappa shape index (κ1) is 17.8. The summed E-state index contributed by atoms with van der Waals surface area (Å²) in [5, 5.41) is 0. The van der Waals surface area contributed by atoms with E-state index in [9.17, 15) is 4.79 Å². The summed E-state index contributed by atoms with van der Waals surface area (Å²) >= 11 is 0. The highest BCUT2D eigenvalue weighted by Gasteiger charge is 2.19. The zero-order valence-electron chi connectivity index (χ0n) is 14.9. The quantitative estimate of drug-likeness (QED) is 0.815. The third-order valence-corrected chi connectivity index (χ3v) is 4.26. The molecule has 1 aromatic carbocycles. The lowest BCUT2D eigenvalue weighted by molar-refractivity contribution is 0.209. The Labute approximate surface area is 143 Å². The minimum atomic E-state index is -0.502. The van der Waals surface area contributed by atoms with Crippen LogP contribution >= 0.6 is 0 Å². The maximum absolute atomic E-state index is 12.3. The van der Waals surface area contributed by atoms with Crippen molar-refractivity contribution < 1.29 is 14.3 Å². The highest BCUT2D eigenvalue weighted by atomic mass is 16.6. The van der Waals surface area contributed by atoms with E-state index >= 15 is 0 Å². The number of pyridine rings is 1. The molecule has 0 spiro atoms. The highest BCUT2D eigenvalue weighted by Crippen LogP contribution is 2.28. The Kier molecular flexibility index (Phi) is 5.44. The number of aromatic nitrogens is 1. The zero-order chi connectivity index (χ0) is 17.7. The molecule has 5 nitrogen and oxygen atoms in total. The van der Waals surface area contributed by atoms with Crippen LogP contribution in [0.2, 0.25) is 0 Å². The van der Waals surface area contributed by atoms with Crippen molar-refractivity contribution in [2.75, 3.05) is 19.1 Å². The van der Waals surface area contributed by atoms with Crippen molar-refractivity contribution in [1.82, 2.24) is 4.98 Å². The van der Waals surface area contributed by atoms with Gasteiger partial charge in [-0.2, -0.15) is 4.98 Å². The first-order valence-electron chi connectivity index (χ1n) is 7.94. The van der Waals surface area contributed by atoms with E-state index < -0.39 is 6.09 Å². The van der Waals surface area contributed by atoms with Crippen LogP contribution in [0.3, 0.4) is 0 Å². The molecule has 1 heterocycles. The molecule has 128 valence electrons. The first-order valence-corrected chi connectivity index (χ1v) is 7.94. The molecule has 2 rings (SSSR count). The number of rotatable bonds is 5. The number of amides is 1. The number of anilines is 1. The van der Waals surface area contributed by atoms with Gasteiger partial charge in [0.15, 0.2) is 0 Å². The minimum Gasteiger partial charge on any atom is -0.481 e. The highest BCUT2D eigenvalue weighted by molar-refractivity contribution is 5.87. The van der Waals surface area contributed by atoms with Crippen molar-refractivity contribution in [3.8, 4) is 11.6 Å². The maximum Gasteiger partial charge on any atom is 0.420 e. The molecule has 0 aliphatic carbocycles. The van der Waals surface area contributed by atoms with Crippen LogP contribution in [0.15, 0.2) is 42.5 Å². The Morgan fingerprint density at radius 3 is 2.42 bits per heavy atom. The van der Waals surface area contributed by atoms with Crippen LogP contribution in [0.4, 0.5) is 10.6 Å². The van der Waals surface area contributed by atoms with Crippen LogP contribution in [-0.4, -0.2) is 25.2 Å². The van der Waals surface area contributed by atoms with E-state index in [1.807, 2.05) is 24.3 Å². The second-order valence-corrected chi connectivity index (χ2v) is 6.23. The Balaban J connectivity index is 2.08. The Bertz CT molecular complexity index is 696. The largest absolute Gasteiger partial charge is 0.481 e. The fourth-order valence-corrected chi connectivity index (χ4v) is 2.15. The number of carbonyl (C=O) groups excluding carboxylic acids is 1. The summed E-state index contributed by atoms with van der Waals surface area (Å²) in [6, 6.07) is 12.8. The Morgan fingerprint density at radius 1 is 1.17 bits per heavy atom. The minimum absolute atomic E-state index is 0.101. The molecule has 2 aromatic rings. The molecule has 0 saturated carbocycles. The summed E-state index contributed by atoms with van der Waals surface area (Å²) in [5.41, 5.74) is 1.32. The Morgan fingerprint density at radius 2 is 1.83 bits per heavy atom. The molecular weight excluding hydrogens is 304 g/mol. The van der Waals surface area contributed by atoms with Crippen molar-refractivity contribution in [3.05, 3.63) is 48.0 Å². The van der Waals surface area contributed by atoms with Gasteiger partial charge >= 0.3 is 6.09 Å². The molecule has 0 fully saturated rings. The SMILES string of the molecule is CCC(C)(C)c1ccc(OC(=O)N(C)c2cccc(OC)n2)cc1. The summed E-state index contributed by atoms with van der Waals surface area (Å²) in [6.07, 6.45) is 0.536. The van der Waals surface area contributed by atoms with Gasteiger partial charge in [-0.25, -0.2) is 4.79 Å². The molecule has 24 heavy (non-hydrogen) atoms. The molecule has 0 aliphatic heterocycles. The van der Waals surface area contributed by atoms with Crippen LogP contribution in [0.25, 0.3) is 0 Å².